The molecular formula is C12H13Cl2NO4S. The van der Waals surface area contributed by atoms with Gasteiger partial charge in [-0.2, -0.15) is 0 Å². The van der Waals surface area contributed by atoms with Crippen LogP contribution in [0.25, 0.3) is 0 Å². The molecule has 5 nitrogen and oxygen atoms in total. The summed E-state index contributed by atoms with van der Waals surface area (Å²) in [6.45, 7) is 0. The van der Waals surface area contributed by atoms with E-state index in [-0.39, 0.29) is 26.6 Å². The summed E-state index contributed by atoms with van der Waals surface area (Å²) in [4.78, 5) is 11.7. The fourth-order valence-corrected chi connectivity index (χ4v) is 3.52. The van der Waals surface area contributed by atoms with E-state index in [1.54, 1.807) is 0 Å². The quantitative estimate of drug-likeness (QED) is 0.859. The summed E-state index contributed by atoms with van der Waals surface area (Å²) in [5.74, 6) is -0.663. The van der Waals surface area contributed by atoms with E-state index in [4.69, 9.17) is 33.1 Å². The molecule has 0 amide bonds. The van der Waals surface area contributed by atoms with Gasteiger partial charge in [-0.15, -0.1) is 0 Å². The van der Waals surface area contributed by atoms with Crippen molar-refractivity contribution in [2.75, 3.05) is 0 Å². The maximum absolute atomic E-state index is 12.0. The van der Waals surface area contributed by atoms with Gasteiger partial charge in [0.1, 0.15) is 11.0 Å². The van der Waals surface area contributed by atoms with Crippen LogP contribution in [0.4, 0.5) is 0 Å². The van der Waals surface area contributed by atoms with Crippen molar-refractivity contribution in [3.05, 3.63) is 27.7 Å². The zero-order chi connectivity index (χ0) is 14.9. The van der Waals surface area contributed by atoms with E-state index in [1.807, 2.05) is 0 Å². The van der Waals surface area contributed by atoms with E-state index in [0.717, 1.165) is 31.7 Å². The predicted octanol–water partition coefficient (Wildman–Crippen LogP) is 2.74. The monoisotopic (exact) mass is 337 g/mol. The minimum atomic E-state index is -4.03. The number of halogens is 2. The van der Waals surface area contributed by atoms with Crippen molar-refractivity contribution < 1.29 is 17.9 Å². The van der Waals surface area contributed by atoms with Crippen LogP contribution in [0.3, 0.4) is 0 Å². The molecule has 8 heteroatoms. The molecule has 0 atom stereocenters. The highest BCUT2D eigenvalue weighted by atomic mass is 35.5. The Morgan fingerprint density at radius 1 is 1.20 bits per heavy atom. The lowest BCUT2D eigenvalue weighted by molar-refractivity contribution is 0.0318. The van der Waals surface area contributed by atoms with Gasteiger partial charge in [-0.05, 0) is 37.8 Å². The van der Waals surface area contributed by atoms with E-state index >= 15 is 0 Å². The second kappa shape index (κ2) is 5.89. The summed E-state index contributed by atoms with van der Waals surface area (Å²) in [7, 11) is -4.03. The van der Waals surface area contributed by atoms with Gasteiger partial charge in [0.15, 0.2) is 0 Å². The average Bonchev–Trinajstić information content (AvgIpc) is 2.79. The van der Waals surface area contributed by atoms with Crippen molar-refractivity contribution in [3.8, 4) is 0 Å². The molecule has 1 saturated carbocycles. The maximum Gasteiger partial charge on any atom is 0.339 e. The Hall–Kier alpha value is -0.820. The molecule has 0 heterocycles. The molecule has 110 valence electrons. The first-order valence-corrected chi connectivity index (χ1v) is 8.32. The lowest BCUT2D eigenvalue weighted by Crippen LogP contribution is -2.17. The summed E-state index contributed by atoms with van der Waals surface area (Å²) in [6.07, 6.45) is 3.48. The molecule has 2 rings (SSSR count). The lowest BCUT2D eigenvalue weighted by Gasteiger charge is -2.13. The summed E-state index contributed by atoms with van der Waals surface area (Å²) in [5.41, 5.74) is -0.0491. The fraction of sp³-hybridized carbons (Fsp3) is 0.417. The van der Waals surface area contributed by atoms with Crippen LogP contribution in [-0.4, -0.2) is 20.5 Å². The number of hydrogen-bond acceptors (Lipinski definition) is 4. The molecule has 0 aromatic heterocycles. The van der Waals surface area contributed by atoms with Crippen molar-refractivity contribution in [2.45, 2.75) is 36.7 Å². The van der Waals surface area contributed by atoms with Crippen molar-refractivity contribution in [2.24, 2.45) is 5.14 Å². The minimum Gasteiger partial charge on any atom is -0.459 e. The smallest absolute Gasteiger partial charge is 0.339 e. The number of benzene rings is 1. The molecule has 20 heavy (non-hydrogen) atoms. The number of sulfonamides is 1. The number of nitrogens with two attached hydrogens (primary N) is 1. The number of primary sulfonamides is 1. The van der Waals surface area contributed by atoms with Gasteiger partial charge in [-0.3, -0.25) is 0 Å². The van der Waals surface area contributed by atoms with E-state index < -0.39 is 16.0 Å². The third-order valence-electron chi connectivity index (χ3n) is 3.12. The third kappa shape index (κ3) is 3.44. The molecule has 0 radical (unpaired) electrons. The molecule has 1 aromatic rings. The van der Waals surface area contributed by atoms with E-state index in [2.05, 4.69) is 0 Å². The highest BCUT2D eigenvalue weighted by Crippen LogP contribution is 2.30. The van der Waals surface area contributed by atoms with Gasteiger partial charge < -0.3 is 4.74 Å². The Morgan fingerprint density at radius 2 is 1.80 bits per heavy atom. The average molecular weight is 338 g/mol. The highest BCUT2D eigenvalue weighted by Gasteiger charge is 2.24. The number of esters is 1. The van der Waals surface area contributed by atoms with E-state index in [1.165, 1.54) is 6.07 Å². The normalized spacial score (nSPS) is 16.4. The number of carbonyl (C=O) groups is 1. The first-order valence-electron chi connectivity index (χ1n) is 6.02. The summed E-state index contributed by atoms with van der Waals surface area (Å²) < 4.78 is 28.0. The SMILES string of the molecule is NS(=O)(=O)c1cc(C(=O)OC2CCCC2)c(Cl)cc1Cl. The van der Waals surface area contributed by atoms with Gasteiger partial charge in [0, 0.05) is 0 Å². The van der Waals surface area contributed by atoms with Gasteiger partial charge in [-0.1, -0.05) is 23.2 Å². The zero-order valence-corrected chi connectivity index (χ0v) is 12.8. The largest absolute Gasteiger partial charge is 0.459 e. The van der Waals surface area contributed by atoms with Crippen LogP contribution in [0, 0.1) is 0 Å². The Labute approximate surface area is 127 Å². The molecular weight excluding hydrogens is 325 g/mol. The molecule has 0 aliphatic heterocycles. The second-order valence-corrected chi connectivity index (χ2v) is 6.96. The van der Waals surface area contributed by atoms with Crippen LogP contribution in [0.15, 0.2) is 17.0 Å². The number of hydrogen-bond donors (Lipinski definition) is 1. The number of ether oxygens (including phenoxy) is 1. The first-order chi connectivity index (χ1) is 9.29. The predicted molar refractivity (Wildman–Crippen MR) is 75.5 cm³/mol. The third-order valence-corrected chi connectivity index (χ3v) is 4.81. The Kier molecular flexibility index (Phi) is 4.59. The van der Waals surface area contributed by atoms with Crippen LogP contribution in [0.1, 0.15) is 36.0 Å². The molecule has 0 bridgehead atoms. The highest BCUT2D eigenvalue weighted by molar-refractivity contribution is 7.89. The van der Waals surface area contributed by atoms with Gasteiger partial charge in [0.2, 0.25) is 10.0 Å². The minimum absolute atomic E-state index is 0.0328. The second-order valence-electron chi connectivity index (χ2n) is 4.62. The van der Waals surface area contributed by atoms with Crippen LogP contribution in [-0.2, 0) is 14.8 Å². The zero-order valence-electron chi connectivity index (χ0n) is 10.4. The molecule has 0 spiro atoms. The number of rotatable bonds is 3. The Balaban J connectivity index is 2.33. The lowest BCUT2D eigenvalue weighted by atomic mass is 10.2. The van der Waals surface area contributed by atoms with Crippen molar-refractivity contribution in [3.63, 3.8) is 0 Å². The Bertz CT molecular complexity index is 639. The molecule has 1 fully saturated rings. The van der Waals surface area contributed by atoms with Gasteiger partial charge in [0.25, 0.3) is 0 Å². The summed E-state index contributed by atoms with van der Waals surface area (Å²) in [6, 6.07) is 2.23. The summed E-state index contributed by atoms with van der Waals surface area (Å²) in [5, 5.41) is 4.94. The molecule has 1 aliphatic rings. The topological polar surface area (TPSA) is 86.5 Å². The van der Waals surface area contributed by atoms with Crippen LogP contribution < -0.4 is 5.14 Å². The fourth-order valence-electron chi connectivity index (χ4n) is 2.12. The van der Waals surface area contributed by atoms with Crippen LogP contribution in [0.5, 0.6) is 0 Å². The first kappa shape index (κ1) is 15.6. The molecule has 1 aromatic carbocycles. The van der Waals surface area contributed by atoms with Crippen LogP contribution in [0.2, 0.25) is 10.0 Å². The molecule has 2 N–H and O–H groups in total. The van der Waals surface area contributed by atoms with Gasteiger partial charge in [-0.25, -0.2) is 18.4 Å². The summed E-state index contributed by atoms with van der Waals surface area (Å²) >= 11 is 11.7. The number of carbonyl (C=O) groups excluding carboxylic acids is 1. The van der Waals surface area contributed by atoms with Gasteiger partial charge in [0.05, 0.1) is 15.6 Å². The van der Waals surface area contributed by atoms with Crippen molar-refractivity contribution in [1.82, 2.24) is 0 Å². The standard InChI is InChI=1S/C12H13Cl2NO4S/c13-9-6-10(14)11(20(15,17)18)5-8(9)12(16)19-7-3-1-2-4-7/h5-7H,1-4H2,(H2,15,17,18). The van der Waals surface area contributed by atoms with Crippen molar-refractivity contribution in [1.29, 1.82) is 0 Å². The van der Waals surface area contributed by atoms with Gasteiger partial charge >= 0.3 is 5.97 Å². The van der Waals surface area contributed by atoms with E-state index in [0.29, 0.717) is 0 Å². The molecule has 0 unspecified atom stereocenters. The molecule has 0 saturated heterocycles. The van der Waals surface area contributed by atoms with Crippen molar-refractivity contribution >= 4 is 39.2 Å². The van der Waals surface area contributed by atoms with E-state index in [9.17, 15) is 13.2 Å². The van der Waals surface area contributed by atoms with Crippen LogP contribution >= 0.6 is 23.2 Å². The maximum atomic E-state index is 12.0. The Morgan fingerprint density at radius 3 is 2.35 bits per heavy atom. The molecule has 1 aliphatic carbocycles.